The molecule has 0 aromatic heterocycles. The van der Waals surface area contributed by atoms with Gasteiger partial charge in [-0.1, -0.05) is 67.8 Å². The summed E-state index contributed by atoms with van der Waals surface area (Å²) in [6.45, 7) is 10.7. The Morgan fingerprint density at radius 1 is 0.784 bits per heavy atom. The average molecular weight is 497 g/mol. The van der Waals surface area contributed by atoms with Crippen LogP contribution >= 0.6 is 0 Å². The van der Waals surface area contributed by atoms with Gasteiger partial charge in [0.1, 0.15) is 11.5 Å². The van der Waals surface area contributed by atoms with Crippen LogP contribution in [-0.2, 0) is 19.1 Å². The molecule has 0 atom stereocenters. The summed E-state index contributed by atoms with van der Waals surface area (Å²) in [5.41, 5.74) is 5.40. The second-order valence-corrected chi connectivity index (χ2v) is 8.42. The molecule has 0 N–H and O–H groups in total. The van der Waals surface area contributed by atoms with Gasteiger partial charge in [-0.05, 0) is 65.9 Å². The minimum absolute atomic E-state index is 0.0246. The SMILES string of the molecule is C=C(C)C(=O)Oc1ccc(-c2ccc(/C=C/c3ccc(OC(=O)C(=C)CC(=O)OC)cc3)cc2)c(C)c1. The molecule has 37 heavy (non-hydrogen) atoms. The fourth-order valence-corrected chi connectivity index (χ4v) is 3.33. The maximum absolute atomic E-state index is 12.0. The molecule has 0 fully saturated rings. The highest BCUT2D eigenvalue weighted by Gasteiger charge is 2.14. The molecule has 3 aromatic carbocycles. The van der Waals surface area contributed by atoms with Gasteiger partial charge in [0.25, 0.3) is 0 Å². The van der Waals surface area contributed by atoms with Crippen LogP contribution in [0.1, 0.15) is 30.0 Å². The van der Waals surface area contributed by atoms with Crippen molar-refractivity contribution in [2.45, 2.75) is 20.3 Å². The van der Waals surface area contributed by atoms with Crippen molar-refractivity contribution in [2.75, 3.05) is 7.11 Å². The Hall–Kier alpha value is -4.71. The third kappa shape index (κ3) is 7.64. The number of carbonyl (C=O) groups excluding carboxylic acids is 3. The van der Waals surface area contributed by atoms with E-state index in [1.807, 2.05) is 67.6 Å². The number of rotatable bonds is 9. The molecule has 0 spiro atoms. The Kier molecular flexibility index (Phi) is 8.95. The number of ether oxygens (including phenoxy) is 3. The van der Waals surface area contributed by atoms with Crippen LogP contribution in [-0.4, -0.2) is 25.0 Å². The summed E-state index contributed by atoms with van der Waals surface area (Å²) in [6, 6.07) is 20.6. The van der Waals surface area contributed by atoms with E-state index in [-0.39, 0.29) is 12.0 Å². The van der Waals surface area contributed by atoms with E-state index in [2.05, 4.69) is 17.9 Å². The van der Waals surface area contributed by atoms with E-state index >= 15 is 0 Å². The normalized spacial score (nSPS) is 10.6. The lowest BCUT2D eigenvalue weighted by atomic mass is 9.99. The van der Waals surface area contributed by atoms with E-state index < -0.39 is 17.9 Å². The van der Waals surface area contributed by atoms with E-state index in [0.717, 1.165) is 27.8 Å². The van der Waals surface area contributed by atoms with Gasteiger partial charge in [0.2, 0.25) is 0 Å². The van der Waals surface area contributed by atoms with Crippen LogP contribution in [0.25, 0.3) is 23.3 Å². The van der Waals surface area contributed by atoms with Crippen molar-refractivity contribution in [3.63, 3.8) is 0 Å². The van der Waals surface area contributed by atoms with Crippen LogP contribution in [0.2, 0.25) is 0 Å². The lowest BCUT2D eigenvalue weighted by molar-refractivity contribution is -0.141. The predicted octanol–water partition coefficient (Wildman–Crippen LogP) is 6.34. The van der Waals surface area contributed by atoms with Crippen LogP contribution in [0.5, 0.6) is 11.5 Å². The van der Waals surface area contributed by atoms with Crippen LogP contribution in [0.15, 0.2) is 91.0 Å². The van der Waals surface area contributed by atoms with E-state index in [1.165, 1.54) is 7.11 Å². The average Bonchev–Trinajstić information content (AvgIpc) is 2.88. The fraction of sp³-hybridized carbons (Fsp3) is 0.129. The lowest BCUT2D eigenvalue weighted by Gasteiger charge is -2.10. The summed E-state index contributed by atoms with van der Waals surface area (Å²) in [7, 11) is 1.24. The van der Waals surface area contributed by atoms with E-state index in [9.17, 15) is 14.4 Å². The molecule has 0 saturated carbocycles. The van der Waals surface area contributed by atoms with Crippen LogP contribution in [0, 0.1) is 6.92 Å². The summed E-state index contributed by atoms with van der Waals surface area (Å²) in [5, 5.41) is 0. The molecule has 0 unspecified atom stereocenters. The fourth-order valence-electron chi connectivity index (χ4n) is 3.33. The third-order valence-electron chi connectivity index (χ3n) is 5.41. The number of esters is 3. The Labute approximate surface area is 216 Å². The summed E-state index contributed by atoms with van der Waals surface area (Å²) >= 11 is 0. The monoisotopic (exact) mass is 496 g/mol. The third-order valence-corrected chi connectivity index (χ3v) is 5.41. The first-order valence-corrected chi connectivity index (χ1v) is 11.5. The molecule has 188 valence electrons. The highest BCUT2D eigenvalue weighted by Crippen LogP contribution is 2.28. The molecule has 0 heterocycles. The minimum atomic E-state index is -0.675. The topological polar surface area (TPSA) is 78.9 Å². The van der Waals surface area contributed by atoms with Crippen LogP contribution in [0.3, 0.4) is 0 Å². The van der Waals surface area contributed by atoms with E-state index in [4.69, 9.17) is 9.47 Å². The van der Waals surface area contributed by atoms with Crippen LogP contribution < -0.4 is 9.47 Å². The van der Waals surface area contributed by atoms with Crippen molar-refractivity contribution >= 4 is 30.1 Å². The molecule has 6 nitrogen and oxygen atoms in total. The molecule has 0 aliphatic heterocycles. The van der Waals surface area contributed by atoms with Crippen molar-refractivity contribution in [1.29, 1.82) is 0 Å². The van der Waals surface area contributed by atoms with Gasteiger partial charge in [0.15, 0.2) is 0 Å². The maximum Gasteiger partial charge on any atom is 0.339 e. The van der Waals surface area contributed by atoms with Gasteiger partial charge >= 0.3 is 17.9 Å². The van der Waals surface area contributed by atoms with Crippen LogP contribution in [0.4, 0.5) is 0 Å². The minimum Gasteiger partial charge on any atom is -0.469 e. The van der Waals surface area contributed by atoms with Gasteiger partial charge < -0.3 is 14.2 Å². The number of hydrogen-bond acceptors (Lipinski definition) is 6. The lowest BCUT2D eigenvalue weighted by Crippen LogP contribution is -2.14. The van der Waals surface area contributed by atoms with E-state index in [0.29, 0.717) is 17.1 Å². The predicted molar refractivity (Wildman–Crippen MR) is 144 cm³/mol. The largest absolute Gasteiger partial charge is 0.469 e. The summed E-state index contributed by atoms with van der Waals surface area (Å²) in [5.74, 6) is -0.828. The molecular weight excluding hydrogens is 468 g/mol. The summed E-state index contributed by atoms with van der Waals surface area (Å²) in [4.78, 5) is 35.0. The van der Waals surface area contributed by atoms with Gasteiger partial charge in [-0.3, -0.25) is 4.79 Å². The summed E-state index contributed by atoms with van der Waals surface area (Å²) < 4.78 is 15.1. The zero-order valence-corrected chi connectivity index (χ0v) is 21.1. The molecule has 0 aliphatic carbocycles. The zero-order valence-electron chi connectivity index (χ0n) is 21.1. The molecule has 0 aliphatic rings. The molecule has 0 bridgehead atoms. The molecule has 6 heteroatoms. The molecule has 0 radical (unpaired) electrons. The maximum atomic E-state index is 12.0. The number of aryl methyl sites for hydroxylation is 1. The zero-order chi connectivity index (χ0) is 26.9. The number of hydrogen-bond donors (Lipinski definition) is 0. The smallest absolute Gasteiger partial charge is 0.339 e. The van der Waals surface area contributed by atoms with Gasteiger partial charge in [-0.25, -0.2) is 9.59 Å². The quantitative estimate of drug-likeness (QED) is 0.149. The van der Waals surface area contributed by atoms with E-state index in [1.54, 1.807) is 25.1 Å². The number of methoxy groups -OCH3 is 1. The Bertz CT molecular complexity index is 1360. The van der Waals surface area contributed by atoms with Gasteiger partial charge in [0.05, 0.1) is 13.5 Å². The Balaban J connectivity index is 1.61. The van der Waals surface area contributed by atoms with Crippen molar-refractivity contribution in [2.24, 2.45) is 0 Å². The number of benzene rings is 3. The molecular formula is C31H28O6. The van der Waals surface area contributed by atoms with Gasteiger partial charge in [-0.2, -0.15) is 0 Å². The highest BCUT2D eigenvalue weighted by molar-refractivity contribution is 5.94. The Morgan fingerprint density at radius 2 is 1.32 bits per heavy atom. The van der Waals surface area contributed by atoms with Crippen molar-refractivity contribution in [3.8, 4) is 22.6 Å². The van der Waals surface area contributed by atoms with Crippen molar-refractivity contribution in [3.05, 3.63) is 108 Å². The standard InChI is InChI=1S/C31H28O6/c1-20(2)30(33)37-27-16-17-28(21(3)18-27)25-12-8-23(9-13-25)6-7-24-10-14-26(15-11-24)36-31(34)22(4)19-29(32)35-5/h6-18H,1,4,19H2,2-3,5H3/b7-6+. The second kappa shape index (κ2) is 12.3. The molecule has 0 amide bonds. The summed E-state index contributed by atoms with van der Waals surface area (Å²) in [6.07, 6.45) is 3.72. The second-order valence-electron chi connectivity index (χ2n) is 8.42. The Morgan fingerprint density at radius 3 is 1.86 bits per heavy atom. The molecule has 3 aromatic rings. The molecule has 0 saturated heterocycles. The molecule has 3 rings (SSSR count). The first-order valence-electron chi connectivity index (χ1n) is 11.5. The number of carbonyl (C=O) groups is 3. The van der Waals surface area contributed by atoms with Crippen molar-refractivity contribution in [1.82, 2.24) is 0 Å². The van der Waals surface area contributed by atoms with Gasteiger partial charge in [-0.15, -0.1) is 0 Å². The van der Waals surface area contributed by atoms with Crippen molar-refractivity contribution < 1.29 is 28.6 Å². The first kappa shape index (κ1) is 26.9. The van der Waals surface area contributed by atoms with Gasteiger partial charge in [0, 0.05) is 11.1 Å². The first-order chi connectivity index (χ1) is 17.7. The highest BCUT2D eigenvalue weighted by atomic mass is 16.5.